The van der Waals surface area contributed by atoms with E-state index in [1.807, 2.05) is 0 Å². The van der Waals surface area contributed by atoms with Crippen LogP contribution in [-0.4, -0.2) is 61.8 Å². The lowest BCUT2D eigenvalue weighted by atomic mass is 10.2. The van der Waals surface area contributed by atoms with Crippen molar-refractivity contribution in [3.05, 3.63) is 12.2 Å². The van der Waals surface area contributed by atoms with Gasteiger partial charge in [-0.05, 0) is 39.2 Å². The SMILES string of the molecule is CCNC(=NCC1CN2CCCC2CO1)NC1CC=CC1. The van der Waals surface area contributed by atoms with Crippen LogP contribution in [0.3, 0.4) is 0 Å². The number of nitrogens with one attached hydrogen (secondary N) is 2. The standard InChI is InChI=1S/C16H28N4O/c1-2-17-16(19-13-6-3-4-7-13)18-10-15-11-20-9-5-8-14(20)12-21-15/h3-4,13-15H,2,5-12H2,1H3,(H2,17,18,19). The third kappa shape index (κ3) is 3.98. The summed E-state index contributed by atoms with van der Waals surface area (Å²) in [6.45, 7) is 6.91. The van der Waals surface area contributed by atoms with E-state index in [9.17, 15) is 0 Å². The van der Waals surface area contributed by atoms with E-state index in [0.29, 0.717) is 12.1 Å². The molecule has 0 bridgehead atoms. The van der Waals surface area contributed by atoms with Gasteiger partial charge in [-0.2, -0.15) is 0 Å². The first kappa shape index (κ1) is 14.9. The maximum absolute atomic E-state index is 5.97. The van der Waals surface area contributed by atoms with Gasteiger partial charge >= 0.3 is 0 Å². The Morgan fingerprint density at radius 1 is 1.38 bits per heavy atom. The minimum Gasteiger partial charge on any atom is -0.373 e. The second kappa shape index (κ2) is 7.27. The van der Waals surface area contributed by atoms with Gasteiger partial charge in [-0.3, -0.25) is 9.89 Å². The molecule has 0 spiro atoms. The Morgan fingerprint density at radius 3 is 3.05 bits per heavy atom. The normalized spacial score (nSPS) is 30.6. The lowest BCUT2D eigenvalue weighted by molar-refractivity contribution is -0.0432. The van der Waals surface area contributed by atoms with Crippen molar-refractivity contribution in [2.45, 2.75) is 50.8 Å². The molecule has 0 aromatic carbocycles. The van der Waals surface area contributed by atoms with Crippen LogP contribution in [0.15, 0.2) is 17.1 Å². The Labute approximate surface area is 127 Å². The molecule has 5 heteroatoms. The Bertz CT molecular complexity index is 388. The highest BCUT2D eigenvalue weighted by molar-refractivity contribution is 5.80. The molecule has 2 N–H and O–H groups in total. The molecule has 118 valence electrons. The van der Waals surface area contributed by atoms with Gasteiger partial charge in [0.1, 0.15) is 0 Å². The van der Waals surface area contributed by atoms with E-state index in [4.69, 9.17) is 9.73 Å². The molecule has 21 heavy (non-hydrogen) atoms. The summed E-state index contributed by atoms with van der Waals surface area (Å²) in [4.78, 5) is 7.30. The summed E-state index contributed by atoms with van der Waals surface area (Å²) in [5.41, 5.74) is 0. The maximum atomic E-state index is 5.97. The van der Waals surface area contributed by atoms with Crippen LogP contribution in [0, 0.1) is 0 Å². The average molecular weight is 292 g/mol. The van der Waals surface area contributed by atoms with Crippen LogP contribution in [0.1, 0.15) is 32.6 Å². The summed E-state index contributed by atoms with van der Waals surface area (Å²) >= 11 is 0. The fraction of sp³-hybridized carbons (Fsp3) is 0.812. The molecule has 2 heterocycles. The van der Waals surface area contributed by atoms with Crippen molar-refractivity contribution in [3.8, 4) is 0 Å². The maximum Gasteiger partial charge on any atom is 0.191 e. The van der Waals surface area contributed by atoms with Gasteiger partial charge in [0, 0.05) is 25.2 Å². The van der Waals surface area contributed by atoms with Gasteiger partial charge in [-0.15, -0.1) is 0 Å². The van der Waals surface area contributed by atoms with E-state index >= 15 is 0 Å². The van der Waals surface area contributed by atoms with Crippen LogP contribution in [0.5, 0.6) is 0 Å². The molecule has 0 aromatic rings. The van der Waals surface area contributed by atoms with Crippen molar-refractivity contribution in [1.82, 2.24) is 15.5 Å². The van der Waals surface area contributed by atoms with E-state index < -0.39 is 0 Å². The molecule has 2 saturated heterocycles. The van der Waals surface area contributed by atoms with Gasteiger partial charge in [-0.1, -0.05) is 12.2 Å². The summed E-state index contributed by atoms with van der Waals surface area (Å²) in [6, 6.07) is 1.17. The number of hydrogen-bond donors (Lipinski definition) is 2. The number of ether oxygens (including phenoxy) is 1. The minimum absolute atomic E-state index is 0.247. The van der Waals surface area contributed by atoms with Gasteiger partial charge in [0.15, 0.2) is 5.96 Å². The first-order valence-electron chi connectivity index (χ1n) is 8.40. The molecule has 5 nitrogen and oxygen atoms in total. The number of hydrogen-bond acceptors (Lipinski definition) is 3. The predicted octanol–water partition coefficient (Wildman–Crippen LogP) is 1.12. The molecule has 0 aromatic heterocycles. The molecular weight excluding hydrogens is 264 g/mol. The highest BCUT2D eigenvalue weighted by Gasteiger charge is 2.32. The highest BCUT2D eigenvalue weighted by atomic mass is 16.5. The van der Waals surface area contributed by atoms with Crippen LogP contribution in [-0.2, 0) is 4.74 Å². The number of fused-ring (bicyclic) bond motifs is 1. The van der Waals surface area contributed by atoms with Crippen LogP contribution < -0.4 is 10.6 Å². The predicted molar refractivity (Wildman–Crippen MR) is 85.6 cm³/mol. The molecule has 3 rings (SSSR count). The largest absolute Gasteiger partial charge is 0.373 e. The first-order valence-corrected chi connectivity index (χ1v) is 8.40. The molecule has 2 atom stereocenters. The summed E-state index contributed by atoms with van der Waals surface area (Å²) in [5.74, 6) is 0.929. The molecule has 3 aliphatic rings. The second-order valence-electron chi connectivity index (χ2n) is 6.25. The monoisotopic (exact) mass is 292 g/mol. The molecule has 1 aliphatic carbocycles. The van der Waals surface area contributed by atoms with Gasteiger partial charge in [-0.25, -0.2) is 0 Å². The van der Waals surface area contributed by atoms with Gasteiger partial charge in [0.2, 0.25) is 0 Å². The van der Waals surface area contributed by atoms with Crippen molar-refractivity contribution >= 4 is 5.96 Å². The summed E-state index contributed by atoms with van der Waals surface area (Å²) in [6.07, 6.45) is 9.53. The zero-order valence-corrected chi connectivity index (χ0v) is 13.1. The van der Waals surface area contributed by atoms with E-state index in [2.05, 4.69) is 34.6 Å². The van der Waals surface area contributed by atoms with Crippen molar-refractivity contribution in [2.75, 3.05) is 32.8 Å². The van der Waals surface area contributed by atoms with Gasteiger partial charge in [0.05, 0.1) is 19.3 Å². The number of nitrogens with zero attached hydrogens (tertiary/aromatic N) is 2. The van der Waals surface area contributed by atoms with Crippen LogP contribution >= 0.6 is 0 Å². The van der Waals surface area contributed by atoms with Crippen LogP contribution in [0.4, 0.5) is 0 Å². The number of rotatable bonds is 4. The fourth-order valence-corrected chi connectivity index (χ4v) is 3.44. The lowest BCUT2D eigenvalue weighted by Gasteiger charge is -2.34. The van der Waals surface area contributed by atoms with Crippen molar-refractivity contribution in [1.29, 1.82) is 0 Å². The zero-order chi connectivity index (χ0) is 14.5. The lowest BCUT2D eigenvalue weighted by Crippen LogP contribution is -2.48. The Kier molecular flexibility index (Phi) is 5.14. The molecule has 0 amide bonds. The Balaban J connectivity index is 1.49. The molecule has 2 aliphatic heterocycles. The third-order valence-corrected chi connectivity index (χ3v) is 4.61. The van der Waals surface area contributed by atoms with Crippen LogP contribution in [0.25, 0.3) is 0 Å². The van der Waals surface area contributed by atoms with Crippen molar-refractivity contribution in [3.63, 3.8) is 0 Å². The van der Waals surface area contributed by atoms with E-state index in [-0.39, 0.29) is 6.10 Å². The van der Waals surface area contributed by atoms with E-state index in [0.717, 1.165) is 45.0 Å². The first-order chi connectivity index (χ1) is 10.3. The van der Waals surface area contributed by atoms with E-state index in [1.54, 1.807) is 0 Å². The number of morpholine rings is 1. The molecule has 0 radical (unpaired) electrons. The van der Waals surface area contributed by atoms with Crippen molar-refractivity contribution < 1.29 is 4.74 Å². The topological polar surface area (TPSA) is 48.9 Å². The third-order valence-electron chi connectivity index (χ3n) is 4.61. The molecule has 2 fully saturated rings. The second-order valence-corrected chi connectivity index (χ2v) is 6.25. The number of guanidine groups is 1. The quantitative estimate of drug-likeness (QED) is 0.463. The van der Waals surface area contributed by atoms with Gasteiger partial charge in [0.25, 0.3) is 0 Å². The Hall–Kier alpha value is -1.07. The summed E-state index contributed by atoms with van der Waals surface area (Å²) in [7, 11) is 0. The Morgan fingerprint density at radius 2 is 2.24 bits per heavy atom. The van der Waals surface area contributed by atoms with Crippen molar-refractivity contribution in [2.24, 2.45) is 4.99 Å². The fourth-order valence-electron chi connectivity index (χ4n) is 3.44. The number of aliphatic imine (C=N–C) groups is 1. The zero-order valence-electron chi connectivity index (χ0n) is 13.1. The summed E-state index contributed by atoms with van der Waals surface area (Å²) < 4.78 is 5.97. The van der Waals surface area contributed by atoms with Crippen LogP contribution in [0.2, 0.25) is 0 Å². The smallest absolute Gasteiger partial charge is 0.191 e. The highest BCUT2D eigenvalue weighted by Crippen LogP contribution is 2.22. The van der Waals surface area contributed by atoms with E-state index in [1.165, 1.54) is 19.4 Å². The minimum atomic E-state index is 0.247. The molecule has 2 unspecified atom stereocenters. The average Bonchev–Trinajstić information content (AvgIpc) is 3.15. The summed E-state index contributed by atoms with van der Waals surface area (Å²) in [5, 5.41) is 6.85. The molecular formula is C16H28N4O. The molecule has 0 saturated carbocycles. The van der Waals surface area contributed by atoms with Gasteiger partial charge < -0.3 is 15.4 Å².